The van der Waals surface area contributed by atoms with E-state index in [9.17, 15) is 4.79 Å². The fourth-order valence-corrected chi connectivity index (χ4v) is 2.38. The van der Waals surface area contributed by atoms with Crippen LogP contribution in [0, 0.1) is 13.8 Å². The van der Waals surface area contributed by atoms with Crippen LogP contribution in [0.25, 0.3) is 0 Å². The number of carbonyl (C=O) groups excluding carboxylic acids is 1. The number of aryl methyl sites for hydroxylation is 2. The zero-order chi connectivity index (χ0) is 16.9. The topological polar surface area (TPSA) is 66.9 Å². The molecule has 24 heavy (non-hydrogen) atoms. The van der Waals surface area contributed by atoms with Gasteiger partial charge in [-0.3, -0.25) is 4.79 Å². The van der Waals surface area contributed by atoms with Crippen molar-refractivity contribution in [2.75, 3.05) is 10.6 Å². The van der Waals surface area contributed by atoms with Gasteiger partial charge < -0.3 is 10.6 Å². The number of benzene rings is 2. The first-order valence-electron chi connectivity index (χ1n) is 7.66. The molecule has 0 aliphatic rings. The van der Waals surface area contributed by atoms with E-state index >= 15 is 0 Å². The second kappa shape index (κ2) is 6.91. The van der Waals surface area contributed by atoms with E-state index in [4.69, 9.17) is 0 Å². The van der Waals surface area contributed by atoms with Crippen molar-refractivity contribution < 1.29 is 4.79 Å². The third-order valence-electron chi connectivity index (χ3n) is 3.39. The molecule has 2 aromatic carbocycles. The molecule has 0 bridgehead atoms. The lowest BCUT2D eigenvalue weighted by Crippen LogP contribution is -2.11. The Morgan fingerprint density at radius 2 is 1.50 bits per heavy atom. The van der Waals surface area contributed by atoms with Gasteiger partial charge in [-0.15, -0.1) is 0 Å². The summed E-state index contributed by atoms with van der Waals surface area (Å²) in [6.45, 7) is 3.85. The Balaban J connectivity index is 1.75. The Morgan fingerprint density at radius 1 is 0.833 bits per heavy atom. The molecule has 0 saturated carbocycles. The number of nitrogens with zero attached hydrogens (tertiary/aromatic N) is 2. The average Bonchev–Trinajstić information content (AvgIpc) is 2.55. The van der Waals surface area contributed by atoms with Gasteiger partial charge in [0.1, 0.15) is 0 Å². The Labute approximate surface area is 140 Å². The first kappa shape index (κ1) is 15.7. The lowest BCUT2D eigenvalue weighted by molar-refractivity contribution is 0.102. The van der Waals surface area contributed by atoms with E-state index in [0.717, 1.165) is 17.1 Å². The summed E-state index contributed by atoms with van der Waals surface area (Å²) in [7, 11) is 0. The standard InChI is InChI=1S/C19H18N4O/c1-13-11-14(2)21-19(20-13)23-17-10-6-9-16(12-17)22-18(24)15-7-4-3-5-8-15/h3-12H,1-2H3,(H,22,24)(H,20,21,23). The Morgan fingerprint density at radius 3 is 2.21 bits per heavy atom. The third kappa shape index (κ3) is 3.95. The minimum absolute atomic E-state index is 0.143. The van der Waals surface area contributed by atoms with Crippen molar-refractivity contribution in [2.24, 2.45) is 0 Å². The van der Waals surface area contributed by atoms with Crippen LogP contribution < -0.4 is 10.6 Å². The van der Waals surface area contributed by atoms with E-state index in [0.29, 0.717) is 17.2 Å². The highest BCUT2D eigenvalue weighted by Crippen LogP contribution is 2.19. The predicted octanol–water partition coefficient (Wildman–Crippen LogP) is 4.09. The van der Waals surface area contributed by atoms with Crippen LogP contribution in [-0.4, -0.2) is 15.9 Å². The Kier molecular flexibility index (Phi) is 4.52. The van der Waals surface area contributed by atoms with Crippen LogP contribution in [-0.2, 0) is 0 Å². The van der Waals surface area contributed by atoms with E-state index in [2.05, 4.69) is 20.6 Å². The number of amides is 1. The van der Waals surface area contributed by atoms with Crippen molar-refractivity contribution in [1.82, 2.24) is 9.97 Å². The Hall–Kier alpha value is -3.21. The number of rotatable bonds is 4. The zero-order valence-corrected chi connectivity index (χ0v) is 13.6. The first-order valence-corrected chi connectivity index (χ1v) is 7.66. The lowest BCUT2D eigenvalue weighted by atomic mass is 10.2. The van der Waals surface area contributed by atoms with Gasteiger partial charge in [-0.25, -0.2) is 9.97 Å². The van der Waals surface area contributed by atoms with Gasteiger partial charge in [0, 0.05) is 28.3 Å². The average molecular weight is 318 g/mol. The molecule has 1 aromatic heterocycles. The monoisotopic (exact) mass is 318 g/mol. The molecule has 5 heteroatoms. The molecule has 0 spiro atoms. The van der Waals surface area contributed by atoms with Crippen molar-refractivity contribution in [3.8, 4) is 0 Å². The molecule has 1 heterocycles. The summed E-state index contributed by atoms with van der Waals surface area (Å²) in [6, 6.07) is 18.5. The quantitative estimate of drug-likeness (QED) is 0.760. The van der Waals surface area contributed by atoms with E-state index in [1.807, 2.05) is 62.4 Å². The van der Waals surface area contributed by atoms with Crippen LogP contribution in [0.1, 0.15) is 21.7 Å². The van der Waals surface area contributed by atoms with Crippen molar-refractivity contribution in [3.05, 3.63) is 77.6 Å². The fraction of sp³-hybridized carbons (Fsp3) is 0.105. The molecule has 0 unspecified atom stereocenters. The van der Waals surface area contributed by atoms with E-state index in [1.54, 1.807) is 12.1 Å². The third-order valence-corrected chi connectivity index (χ3v) is 3.39. The number of aromatic nitrogens is 2. The van der Waals surface area contributed by atoms with E-state index in [1.165, 1.54) is 0 Å². The number of carbonyl (C=O) groups is 1. The van der Waals surface area contributed by atoms with Crippen LogP contribution in [0.15, 0.2) is 60.7 Å². The summed E-state index contributed by atoms with van der Waals surface area (Å²) in [5.74, 6) is 0.398. The maximum Gasteiger partial charge on any atom is 0.255 e. The predicted molar refractivity (Wildman–Crippen MR) is 95.6 cm³/mol. The maximum absolute atomic E-state index is 12.2. The van der Waals surface area contributed by atoms with Gasteiger partial charge in [-0.1, -0.05) is 24.3 Å². The molecule has 3 aromatic rings. The highest BCUT2D eigenvalue weighted by molar-refractivity contribution is 6.04. The number of hydrogen-bond donors (Lipinski definition) is 2. The number of anilines is 3. The summed E-state index contributed by atoms with van der Waals surface area (Å²) in [5, 5.41) is 6.05. The van der Waals surface area contributed by atoms with Gasteiger partial charge in [0.25, 0.3) is 5.91 Å². The molecule has 5 nitrogen and oxygen atoms in total. The smallest absolute Gasteiger partial charge is 0.255 e. The van der Waals surface area contributed by atoms with Crippen molar-refractivity contribution in [3.63, 3.8) is 0 Å². The van der Waals surface area contributed by atoms with Crippen LogP contribution in [0.5, 0.6) is 0 Å². The number of nitrogens with one attached hydrogen (secondary N) is 2. The second-order valence-electron chi connectivity index (χ2n) is 5.50. The van der Waals surface area contributed by atoms with Gasteiger partial charge >= 0.3 is 0 Å². The summed E-state index contributed by atoms with van der Waals surface area (Å²) < 4.78 is 0. The van der Waals surface area contributed by atoms with Gasteiger partial charge in [0.2, 0.25) is 5.95 Å². The maximum atomic E-state index is 12.2. The molecule has 0 aliphatic heterocycles. The molecule has 1 amide bonds. The normalized spacial score (nSPS) is 10.2. The van der Waals surface area contributed by atoms with Gasteiger partial charge in [0.15, 0.2) is 0 Å². The molecule has 0 atom stereocenters. The first-order chi connectivity index (χ1) is 11.6. The summed E-state index contributed by atoms with van der Waals surface area (Å²) in [4.78, 5) is 20.9. The molecular weight excluding hydrogens is 300 g/mol. The summed E-state index contributed by atoms with van der Waals surface area (Å²) in [6.07, 6.45) is 0. The molecule has 3 rings (SSSR count). The van der Waals surface area contributed by atoms with Gasteiger partial charge in [0.05, 0.1) is 0 Å². The van der Waals surface area contributed by atoms with Crippen molar-refractivity contribution >= 4 is 23.2 Å². The highest BCUT2D eigenvalue weighted by atomic mass is 16.1. The minimum Gasteiger partial charge on any atom is -0.324 e. The molecule has 2 N–H and O–H groups in total. The van der Waals surface area contributed by atoms with Crippen LogP contribution in [0.3, 0.4) is 0 Å². The molecule has 0 saturated heterocycles. The van der Waals surface area contributed by atoms with Crippen LogP contribution in [0.4, 0.5) is 17.3 Å². The summed E-state index contributed by atoms with van der Waals surface area (Å²) in [5.41, 5.74) is 3.94. The van der Waals surface area contributed by atoms with Crippen LogP contribution in [0.2, 0.25) is 0 Å². The Bertz CT molecular complexity index is 842. The van der Waals surface area contributed by atoms with E-state index in [-0.39, 0.29) is 5.91 Å². The molecule has 0 aliphatic carbocycles. The number of hydrogen-bond acceptors (Lipinski definition) is 4. The second-order valence-corrected chi connectivity index (χ2v) is 5.50. The lowest BCUT2D eigenvalue weighted by Gasteiger charge is -2.09. The highest BCUT2D eigenvalue weighted by Gasteiger charge is 2.06. The SMILES string of the molecule is Cc1cc(C)nc(Nc2cccc(NC(=O)c3ccccc3)c2)n1. The molecule has 120 valence electrons. The molecule has 0 fully saturated rings. The van der Waals surface area contributed by atoms with Crippen molar-refractivity contribution in [1.29, 1.82) is 0 Å². The minimum atomic E-state index is -0.143. The molecular formula is C19H18N4O. The fourth-order valence-electron chi connectivity index (χ4n) is 2.38. The molecule has 0 radical (unpaired) electrons. The summed E-state index contributed by atoms with van der Waals surface area (Å²) >= 11 is 0. The van der Waals surface area contributed by atoms with Gasteiger partial charge in [-0.05, 0) is 50.2 Å². The van der Waals surface area contributed by atoms with Gasteiger partial charge in [-0.2, -0.15) is 0 Å². The largest absolute Gasteiger partial charge is 0.324 e. The van der Waals surface area contributed by atoms with Crippen molar-refractivity contribution in [2.45, 2.75) is 13.8 Å². The van der Waals surface area contributed by atoms with Crippen LogP contribution >= 0.6 is 0 Å². The zero-order valence-electron chi connectivity index (χ0n) is 13.6. The van der Waals surface area contributed by atoms with E-state index < -0.39 is 0 Å².